The van der Waals surface area contributed by atoms with E-state index < -0.39 is 5.97 Å². The molecular weight excluding hydrogens is 496 g/mol. The highest BCUT2D eigenvalue weighted by atomic mass is 79.9. The van der Waals surface area contributed by atoms with Gasteiger partial charge in [-0.05, 0) is 53.4 Å². The summed E-state index contributed by atoms with van der Waals surface area (Å²) in [6, 6.07) is 4.13. The topological polar surface area (TPSA) is 46.5 Å². The minimum atomic E-state index is -0.878. The van der Waals surface area contributed by atoms with E-state index in [1.165, 1.54) is 63.4 Å². The van der Waals surface area contributed by atoms with E-state index in [4.69, 9.17) is 9.84 Å². The molecule has 0 aromatic heterocycles. The standard InChI is InChI=1S/C24H36Br2O3/c1-3-4-5-6-7-8-9-10-11-12-15-20-17-21(25)18-22(26)23(20)29-16-13-14-19(2)24(27)28/h14,17-18H,3-13,15-16H2,1-2H3,(H,27,28)/b19-14+. The number of carboxylic acid groups (broad SMARTS) is 1. The van der Waals surface area contributed by atoms with Crippen molar-refractivity contribution in [1.82, 2.24) is 0 Å². The zero-order valence-corrected chi connectivity index (χ0v) is 21.1. The first kappa shape index (κ1) is 26.2. The monoisotopic (exact) mass is 530 g/mol. The summed E-state index contributed by atoms with van der Waals surface area (Å²) >= 11 is 7.18. The number of rotatable bonds is 16. The van der Waals surface area contributed by atoms with E-state index in [-0.39, 0.29) is 0 Å². The number of carboxylic acids is 1. The molecule has 0 bridgehead atoms. The fourth-order valence-electron chi connectivity index (χ4n) is 3.29. The highest BCUT2D eigenvalue weighted by Gasteiger charge is 2.10. The first-order valence-corrected chi connectivity index (χ1v) is 12.5. The van der Waals surface area contributed by atoms with Crippen LogP contribution in [0.5, 0.6) is 5.75 Å². The Balaban J connectivity index is 2.38. The molecule has 0 saturated carbocycles. The first-order valence-electron chi connectivity index (χ1n) is 11.0. The third-order valence-electron chi connectivity index (χ3n) is 5.04. The van der Waals surface area contributed by atoms with Crippen LogP contribution in [0, 0.1) is 0 Å². The molecule has 0 heterocycles. The van der Waals surface area contributed by atoms with Gasteiger partial charge in [-0.3, -0.25) is 0 Å². The maximum Gasteiger partial charge on any atom is 0.330 e. The maximum absolute atomic E-state index is 10.9. The van der Waals surface area contributed by atoms with Gasteiger partial charge in [-0.2, -0.15) is 0 Å². The molecule has 1 N–H and O–H groups in total. The molecule has 3 nitrogen and oxygen atoms in total. The zero-order chi connectivity index (χ0) is 21.5. The van der Waals surface area contributed by atoms with E-state index in [2.05, 4.69) is 44.8 Å². The predicted octanol–water partition coefficient (Wildman–Crippen LogP) is 8.47. The van der Waals surface area contributed by atoms with Crippen molar-refractivity contribution in [3.63, 3.8) is 0 Å². The average Bonchev–Trinajstić information content (AvgIpc) is 2.67. The van der Waals surface area contributed by atoms with Crippen molar-refractivity contribution >= 4 is 37.8 Å². The molecule has 164 valence electrons. The van der Waals surface area contributed by atoms with E-state index in [0.717, 1.165) is 27.5 Å². The second kappa shape index (κ2) is 16.0. The third kappa shape index (κ3) is 11.8. The molecule has 0 amide bonds. The van der Waals surface area contributed by atoms with Gasteiger partial charge in [0.2, 0.25) is 0 Å². The summed E-state index contributed by atoms with van der Waals surface area (Å²) in [5.41, 5.74) is 1.55. The molecule has 29 heavy (non-hydrogen) atoms. The molecule has 0 unspecified atom stereocenters. The second-order valence-corrected chi connectivity index (χ2v) is 9.41. The van der Waals surface area contributed by atoms with Crippen LogP contribution >= 0.6 is 31.9 Å². The van der Waals surface area contributed by atoms with Crippen LogP contribution in [0.3, 0.4) is 0 Å². The van der Waals surface area contributed by atoms with Gasteiger partial charge in [0, 0.05) is 16.5 Å². The Bertz CT molecular complexity index is 641. The Morgan fingerprint density at radius 3 is 2.17 bits per heavy atom. The fourth-order valence-corrected chi connectivity index (χ4v) is 4.72. The van der Waals surface area contributed by atoms with Crippen LogP contribution in [0.4, 0.5) is 0 Å². The summed E-state index contributed by atoms with van der Waals surface area (Å²) in [6.45, 7) is 4.34. The lowest BCUT2D eigenvalue weighted by atomic mass is 10.0. The lowest BCUT2D eigenvalue weighted by molar-refractivity contribution is -0.132. The molecule has 0 aliphatic heterocycles. The van der Waals surface area contributed by atoms with Gasteiger partial charge in [0.05, 0.1) is 11.1 Å². The van der Waals surface area contributed by atoms with Crippen LogP contribution in [-0.2, 0) is 11.2 Å². The molecule has 1 aromatic carbocycles. The SMILES string of the molecule is CCCCCCCCCCCCc1cc(Br)cc(Br)c1OCC/C=C(\C)C(=O)O. The molecule has 0 atom stereocenters. The summed E-state index contributed by atoms with van der Waals surface area (Å²) in [5, 5.41) is 8.92. The molecule has 0 spiro atoms. The lowest BCUT2D eigenvalue weighted by Gasteiger charge is -2.14. The minimum absolute atomic E-state index is 0.356. The summed E-state index contributed by atoms with van der Waals surface area (Å²) in [7, 11) is 0. The van der Waals surface area contributed by atoms with Crippen molar-refractivity contribution < 1.29 is 14.6 Å². The van der Waals surface area contributed by atoms with Gasteiger partial charge in [-0.25, -0.2) is 4.79 Å². The zero-order valence-electron chi connectivity index (χ0n) is 17.9. The Hall–Kier alpha value is -0.810. The number of aliphatic carboxylic acids is 1. The number of unbranched alkanes of at least 4 members (excludes halogenated alkanes) is 9. The average molecular weight is 532 g/mol. The van der Waals surface area contributed by atoms with Crippen molar-refractivity contribution in [2.24, 2.45) is 0 Å². The maximum atomic E-state index is 10.9. The Labute approximate surface area is 193 Å². The smallest absolute Gasteiger partial charge is 0.330 e. The van der Waals surface area contributed by atoms with Crippen LogP contribution in [-0.4, -0.2) is 17.7 Å². The molecule has 0 aliphatic rings. The number of halogens is 2. The van der Waals surface area contributed by atoms with E-state index in [0.29, 0.717) is 18.6 Å². The molecule has 0 saturated heterocycles. The van der Waals surface area contributed by atoms with Crippen molar-refractivity contribution in [3.8, 4) is 5.75 Å². The number of aryl methyl sites for hydroxylation is 1. The Morgan fingerprint density at radius 2 is 1.59 bits per heavy atom. The van der Waals surface area contributed by atoms with Crippen molar-refractivity contribution in [2.75, 3.05) is 6.61 Å². The number of ether oxygens (including phenoxy) is 1. The van der Waals surface area contributed by atoms with Crippen LogP contribution in [0.1, 0.15) is 90.0 Å². The van der Waals surface area contributed by atoms with Gasteiger partial charge in [0.15, 0.2) is 0 Å². The summed E-state index contributed by atoms with van der Waals surface area (Å²) in [6.07, 6.45) is 16.6. The van der Waals surface area contributed by atoms with Gasteiger partial charge >= 0.3 is 5.97 Å². The third-order valence-corrected chi connectivity index (χ3v) is 6.08. The molecule has 0 fully saturated rings. The van der Waals surface area contributed by atoms with E-state index in [9.17, 15) is 4.79 Å². The molecule has 5 heteroatoms. The molecular formula is C24H36Br2O3. The second-order valence-electron chi connectivity index (χ2n) is 7.64. The van der Waals surface area contributed by atoms with Gasteiger partial charge in [-0.1, -0.05) is 86.7 Å². The lowest BCUT2D eigenvalue weighted by Crippen LogP contribution is -2.02. The molecule has 0 radical (unpaired) electrons. The van der Waals surface area contributed by atoms with Crippen LogP contribution in [0.2, 0.25) is 0 Å². The van der Waals surface area contributed by atoms with E-state index >= 15 is 0 Å². The van der Waals surface area contributed by atoms with Gasteiger partial charge < -0.3 is 9.84 Å². The Kier molecular flexibility index (Phi) is 14.4. The largest absolute Gasteiger partial charge is 0.492 e. The van der Waals surface area contributed by atoms with Gasteiger partial charge in [0.25, 0.3) is 0 Å². The summed E-state index contributed by atoms with van der Waals surface area (Å²) < 4.78 is 7.97. The molecule has 0 aliphatic carbocycles. The fraction of sp³-hybridized carbons (Fsp3) is 0.625. The van der Waals surface area contributed by atoms with E-state index in [1.807, 2.05) is 6.07 Å². The van der Waals surface area contributed by atoms with Crippen LogP contribution in [0.15, 0.2) is 32.7 Å². The van der Waals surface area contributed by atoms with Crippen LogP contribution < -0.4 is 4.74 Å². The summed E-state index contributed by atoms with van der Waals surface area (Å²) in [5.74, 6) is 0.00183. The number of hydrogen-bond donors (Lipinski definition) is 1. The Morgan fingerprint density at radius 1 is 1.00 bits per heavy atom. The highest BCUT2D eigenvalue weighted by Crippen LogP contribution is 2.34. The minimum Gasteiger partial charge on any atom is -0.492 e. The van der Waals surface area contributed by atoms with E-state index in [1.54, 1.807) is 13.0 Å². The number of benzene rings is 1. The van der Waals surface area contributed by atoms with Gasteiger partial charge in [-0.15, -0.1) is 0 Å². The normalized spacial score (nSPS) is 11.7. The number of hydrogen-bond acceptors (Lipinski definition) is 2. The van der Waals surface area contributed by atoms with Gasteiger partial charge in [0.1, 0.15) is 5.75 Å². The van der Waals surface area contributed by atoms with Crippen molar-refractivity contribution in [2.45, 2.75) is 90.9 Å². The summed E-state index contributed by atoms with van der Waals surface area (Å²) in [4.78, 5) is 10.9. The van der Waals surface area contributed by atoms with Crippen molar-refractivity contribution in [1.29, 1.82) is 0 Å². The molecule has 1 aromatic rings. The first-order chi connectivity index (χ1) is 14.0. The predicted molar refractivity (Wildman–Crippen MR) is 129 cm³/mol. The quantitative estimate of drug-likeness (QED) is 0.172. The van der Waals surface area contributed by atoms with Crippen molar-refractivity contribution in [3.05, 3.63) is 38.3 Å². The van der Waals surface area contributed by atoms with Crippen LogP contribution in [0.25, 0.3) is 0 Å². The highest BCUT2D eigenvalue weighted by molar-refractivity contribution is 9.11. The molecule has 1 rings (SSSR count). The number of carbonyl (C=O) groups is 1.